The predicted octanol–water partition coefficient (Wildman–Crippen LogP) is 2.35. The van der Waals surface area contributed by atoms with Gasteiger partial charge < -0.3 is 4.90 Å². The van der Waals surface area contributed by atoms with E-state index in [-0.39, 0.29) is 0 Å². The molecule has 11 heavy (non-hydrogen) atoms. The van der Waals surface area contributed by atoms with Gasteiger partial charge in [-0.1, -0.05) is 6.92 Å². The molecule has 0 amide bonds. The van der Waals surface area contributed by atoms with Crippen LogP contribution in [0.25, 0.3) is 0 Å². The highest BCUT2D eigenvalue weighted by Crippen LogP contribution is 2.26. The topological polar surface area (TPSA) is 3.24 Å². The van der Waals surface area contributed by atoms with Gasteiger partial charge in [0.15, 0.2) is 0 Å². The van der Waals surface area contributed by atoms with Crippen LogP contribution in [0.4, 0.5) is 0 Å². The van der Waals surface area contributed by atoms with Crippen molar-refractivity contribution in [2.75, 3.05) is 25.5 Å². The number of fused-ring (bicyclic) bond motifs is 3. The number of alkyl halides is 1. The summed E-state index contributed by atoms with van der Waals surface area (Å²) in [5.41, 5.74) is 0. The van der Waals surface area contributed by atoms with Crippen LogP contribution in [0, 0.1) is 5.92 Å². The number of hydrogen-bond donors (Lipinski definition) is 0. The summed E-state index contributed by atoms with van der Waals surface area (Å²) in [6, 6.07) is 0. The molecule has 3 saturated heterocycles. The predicted molar refractivity (Wildman–Crippen MR) is 50.2 cm³/mol. The highest BCUT2D eigenvalue weighted by molar-refractivity contribution is 6.17. The van der Waals surface area contributed by atoms with E-state index in [4.69, 9.17) is 11.6 Å². The van der Waals surface area contributed by atoms with Crippen LogP contribution in [0.1, 0.15) is 26.2 Å². The molecule has 3 fully saturated rings. The SMILES string of the molecule is C1CN2CCC1CC2.CCCl. The van der Waals surface area contributed by atoms with Crippen LogP contribution in [0.15, 0.2) is 0 Å². The lowest BCUT2D eigenvalue weighted by molar-refractivity contribution is 0.111. The Kier molecular flexibility index (Phi) is 4.24. The van der Waals surface area contributed by atoms with Crippen molar-refractivity contribution in [3.05, 3.63) is 0 Å². The van der Waals surface area contributed by atoms with E-state index < -0.39 is 0 Å². The average Bonchev–Trinajstić information content (AvgIpc) is 2.09. The van der Waals surface area contributed by atoms with Crippen LogP contribution < -0.4 is 0 Å². The van der Waals surface area contributed by atoms with Crippen molar-refractivity contribution in [3.8, 4) is 0 Å². The molecule has 0 aromatic heterocycles. The molecule has 0 aromatic carbocycles. The van der Waals surface area contributed by atoms with Gasteiger partial charge in [-0.3, -0.25) is 0 Å². The first-order valence-corrected chi connectivity index (χ1v) is 5.18. The fourth-order valence-corrected chi connectivity index (χ4v) is 1.86. The fraction of sp³-hybridized carbons (Fsp3) is 1.00. The molecule has 1 nitrogen and oxygen atoms in total. The van der Waals surface area contributed by atoms with Gasteiger partial charge in [-0.25, -0.2) is 0 Å². The van der Waals surface area contributed by atoms with Crippen molar-refractivity contribution >= 4 is 11.6 Å². The van der Waals surface area contributed by atoms with Crippen LogP contribution in [-0.2, 0) is 0 Å². The van der Waals surface area contributed by atoms with Crippen molar-refractivity contribution in [2.24, 2.45) is 5.92 Å². The third-order valence-corrected chi connectivity index (χ3v) is 2.56. The lowest BCUT2D eigenvalue weighted by Crippen LogP contribution is -2.41. The van der Waals surface area contributed by atoms with Gasteiger partial charge in [-0.15, -0.1) is 11.6 Å². The minimum absolute atomic E-state index is 0.722. The lowest BCUT2D eigenvalue weighted by Gasteiger charge is -2.38. The van der Waals surface area contributed by atoms with Crippen LogP contribution >= 0.6 is 11.6 Å². The Morgan fingerprint density at radius 3 is 1.64 bits per heavy atom. The van der Waals surface area contributed by atoms with Crippen LogP contribution in [-0.4, -0.2) is 30.4 Å². The van der Waals surface area contributed by atoms with E-state index in [9.17, 15) is 0 Å². The second kappa shape index (κ2) is 5.00. The molecule has 66 valence electrons. The van der Waals surface area contributed by atoms with Crippen molar-refractivity contribution < 1.29 is 0 Å². The normalized spacial score (nSPS) is 34.4. The molecule has 0 aromatic rings. The summed E-state index contributed by atoms with van der Waals surface area (Å²) in [5, 5.41) is 0. The Hall–Kier alpha value is 0.250. The Morgan fingerprint density at radius 2 is 1.55 bits per heavy atom. The molecule has 0 N–H and O–H groups in total. The summed E-state index contributed by atoms with van der Waals surface area (Å²) in [6.45, 7) is 6.07. The first-order valence-electron chi connectivity index (χ1n) is 4.65. The zero-order valence-corrected chi connectivity index (χ0v) is 8.11. The average molecular weight is 176 g/mol. The minimum Gasteiger partial charge on any atom is -0.303 e. The molecular formula is C9H18ClN. The van der Waals surface area contributed by atoms with Crippen LogP contribution in [0.2, 0.25) is 0 Å². The van der Waals surface area contributed by atoms with E-state index in [1.165, 1.54) is 38.9 Å². The van der Waals surface area contributed by atoms with Gasteiger partial charge in [0.05, 0.1) is 0 Å². The van der Waals surface area contributed by atoms with Crippen molar-refractivity contribution in [3.63, 3.8) is 0 Å². The molecule has 2 bridgehead atoms. The van der Waals surface area contributed by atoms with E-state index in [1.807, 2.05) is 6.92 Å². The molecule has 0 aliphatic carbocycles. The van der Waals surface area contributed by atoms with Crippen LogP contribution in [0.5, 0.6) is 0 Å². The molecule has 3 rings (SSSR count). The molecule has 0 saturated carbocycles. The van der Waals surface area contributed by atoms with Crippen molar-refractivity contribution in [2.45, 2.75) is 26.2 Å². The standard InChI is InChI=1S/C7H13N.C2H5Cl/c1-4-8-5-2-7(1)3-6-8;1-2-3/h7H,1-6H2;2H2,1H3. The first-order chi connectivity index (χ1) is 5.36. The maximum absolute atomic E-state index is 5.00. The number of halogens is 1. The molecule has 3 aliphatic rings. The van der Waals surface area contributed by atoms with E-state index >= 15 is 0 Å². The minimum atomic E-state index is 0.722. The Morgan fingerprint density at radius 1 is 1.18 bits per heavy atom. The third kappa shape index (κ3) is 3.00. The smallest absolute Gasteiger partial charge is 0.0195 e. The number of hydrogen-bond acceptors (Lipinski definition) is 1. The summed E-state index contributed by atoms with van der Waals surface area (Å²) in [7, 11) is 0. The van der Waals surface area contributed by atoms with Crippen molar-refractivity contribution in [1.29, 1.82) is 0 Å². The van der Waals surface area contributed by atoms with Gasteiger partial charge in [0.1, 0.15) is 0 Å². The molecule has 2 heteroatoms. The maximum atomic E-state index is 5.00. The van der Waals surface area contributed by atoms with E-state index in [1.54, 1.807) is 0 Å². The number of nitrogens with zero attached hydrogens (tertiary/aromatic N) is 1. The summed E-state index contributed by atoms with van der Waals surface area (Å²) < 4.78 is 0. The highest BCUT2D eigenvalue weighted by Gasteiger charge is 2.24. The Balaban J connectivity index is 0.000000179. The van der Waals surface area contributed by atoms with Gasteiger partial charge in [-0.05, 0) is 44.8 Å². The zero-order chi connectivity index (χ0) is 8.10. The molecule has 0 unspecified atom stereocenters. The summed E-state index contributed by atoms with van der Waals surface area (Å²) in [4.78, 5) is 2.58. The molecule has 0 atom stereocenters. The van der Waals surface area contributed by atoms with E-state index in [0.29, 0.717) is 0 Å². The maximum Gasteiger partial charge on any atom is 0.0195 e. The molecule has 0 radical (unpaired) electrons. The fourth-order valence-electron chi connectivity index (χ4n) is 1.86. The quantitative estimate of drug-likeness (QED) is 0.511. The summed E-state index contributed by atoms with van der Waals surface area (Å²) in [5.74, 6) is 1.83. The number of piperidine rings is 3. The van der Waals surface area contributed by atoms with Gasteiger partial charge in [-0.2, -0.15) is 0 Å². The Bertz CT molecular complexity index is 74.7. The van der Waals surface area contributed by atoms with E-state index in [0.717, 1.165) is 11.8 Å². The highest BCUT2D eigenvalue weighted by atomic mass is 35.5. The molecule has 3 aliphatic heterocycles. The second-order valence-electron chi connectivity index (χ2n) is 3.34. The van der Waals surface area contributed by atoms with Crippen molar-refractivity contribution in [1.82, 2.24) is 4.90 Å². The Labute approximate surface area is 74.7 Å². The molecular weight excluding hydrogens is 158 g/mol. The molecule has 0 spiro atoms. The van der Waals surface area contributed by atoms with E-state index in [2.05, 4.69) is 4.90 Å². The van der Waals surface area contributed by atoms with Gasteiger partial charge in [0.25, 0.3) is 0 Å². The molecule has 3 heterocycles. The summed E-state index contributed by atoms with van der Waals surface area (Å²) >= 11 is 5.00. The lowest BCUT2D eigenvalue weighted by atomic mass is 9.89. The summed E-state index contributed by atoms with van der Waals surface area (Å²) in [6.07, 6.45) is 4.46. The zero-order valence-electron chi connectivity index (χ0n) is 7.35. The van der Waals surface area contributed by atoms with Gasteiger partial charge >= 0.3 is 0 Å². The third-order valence-electron chi connectivity index (χ3n) is 2.56. The largest absolute Gasteiger partial charge is 0.303 e. The first kappa shape index (κ1) is 9.34. The second-order valence-corrected chi connectivity index (χ2v) is 3.88. The van der Waals surface area contributed by atoms with Gasteiger partial charge in [0, 0.05) is 5.88 Å². The number of rotatable bonds is 0. The van der Waals surface area contributed by atoms with Gasteiger partial charge in [0.2, 0.25) is 0 Å². The monoisotopic (exact) mass is 175 g/mol. The van der Waals surface area contributed by atoms with Crippen LogP contribution in [0.3, 0.4) is 0 Å².